The lowest BCUT2D eigenvalue weighted by molar-refractivity contribution is 1.05. The molecule has 8 aromatic carbocycles. The first kappa shape index (κ1) is 38.5. The summed E-state index contributed by atoms with van der Waals surface area (Å²) in [6.45, 7) is 0. The van der Waals surface area contributed by atoms with E-state index in [9.17, 15) is 10.5 Å². The van der Waals surface area contributed by atoms with Gasteiger partial charge in [-0.25, -0.2) is 29.9 Å². The summed E-state index contributed by atoms with van der Waals surface area (Å²) in [4.78, 5) is 31.0. The highest BCUT2D eigenvalue weighted by Crippen LogP contribution is 2.42. The molecule has 0 radical (unpaired) electrons. The summed E-state index contributed by atoms with van der Waals surface area (Å²) in [5.74, 6) is 3.07. The molecule has 65 heavy (non-hydrogen) atoms. The fraction of sp³-hybridized carbons (Fsp3) is 0. The lowest BCUT2D eigenvalue weighted by Gasteiger charge is -2.19. The number of nitriles is 2. The molecule has 0 atom stereocenters. The van der Waals surface area contributed by atoms with E-state index in [1.54, 1.807) is 12.1 Å². The number of benzene rings is 8. The second kappa shape index (κ2) is 16.4. The highest BCUT2D eigenvalue weighted by Gasteiger charge is 2.25. The Hall–Kier alpha value is -9.44. The number of para-hydroxylation sites is 2. The summed E-state index contributed by atoms with van der Waals surface area (Å²) < 4.78 is 2.24. The Bertz CT molecular complexity index is 3410. The molecule has 0 bridgehead atoms. The summed E-state index contributed by atoms with van der Waals surface area (Å²) in [5.41, 5.74) is 9.91. The third-order valence-electron chi connectivity index (χ3n) is 11.4. The van der Waals surface area contributed by atoms with Crippen molar-refractivity contribution in [1.82, 2.24) is 34.5 Å². The fourth-order valence-corrected chi connectivity index (χ4v) is 8.34. The van der Waals surface area contributed by atoms with Crippen molar-refractivity contribution in [1.29, 1.82) is 10.5 Å². The van der Waals surface area contributed by atoms with Crippen LogP contribution < -0.4 is 0 Å². The Balaban J connectivity index is 1.24. The fourth-order valence-electron chi connectivity index (χ4n) is 8.34. The molecular weight excluding hydrogens is 799 g/mol. The number of rotatable bonds is 8. The van der Waals surface area contributed by atoms with Gasteiger partial charge in [0.25, 0.3) is 0 Å². The average Bonchev–Trinajstić information content (AvgIpc) is 3.72. The van der Waals surface area contributed by atoms with Crippen molar-refractivity contribution < 1.29 is 0 Å². The summed E-state index contributed by atoms with van der Waals surface area (Å²) in [6.07, 6.45) is 0. The standard InChI is InChI=1S/C56H33N9/c57-34-36-28-30-43(42(32-36)35-58)41-29-31-49-47(33-41)44-24-13-14-27-48(44)65(49)50-45(55-61-51(37-16-5-1-6-17-37)59-52(62-55)38-18-7-2-8-19-38)25-15-26-46(50)56-63-53(39-20-9-3-10-21-39)60-54(64-56)40-22-11-4-12-23-40/h1-33H. The van der Waals surface area contributed by atoms with Gasteiger partial charge in [0.05, 0.1) is 40.0 Å². The van der Waals surface area contributed by atoms with Crippen molar-refractivity contribution in [2.75, 3.05) is 0 Å². The molecule has 9 heteroatoms. The summed E-state index contributed by atoms with van der Waals surface area (Å²) in [5, 5.41) is 21.7. The van der Waals surface area contributed by atoms with Gasteiger partial charge in [-0.2, -0.15) is 10.5 Å². The topological polar surface area (TPSA) is 130 Å². The first-order valence-corrected chi connectivity index (χ1v) is 21.0. The first-order valence-electron chi connectivity index (χ1n) is 21.0. The molecule has 11 rings (SSSR count). The summed E-state index contributed by atoms with van der Waals surface area (Å²) in [6, 6.07) is 70.0. The predicted molar refractivity (Wildman–Crippen MR) is 255 cm³/mol. The van der Waals surface area contributed by atoms with Crippen LogP contribution >= 0.6 is 0 Å². The number of fused-ring (bicyclic) bond motifs is 3. The molecule has 0 aliphatic carbocycles. The van der Waals surface area contributed by atoms with E-state index in [1.165, 1.54) is 0 Å². The zero-order chi connectivity index (χ0) is 43.7. The molecule has 0 amide bonds. The Morgan fingerprint density at radius 2 is 0.769 bits per heavy atom. The van der Waals surface area contributed by atoms with E-state index in [1.807, 2.05) is 164 Å². The van der Waals surface area contributed by atoms with Gasteiger partial charge < -0.3 is 4.57 Å². The second-order valence-corrected chi connectivity index (χ2v) is 15.3. The molecule has 0 fully saturated rings. The quantitative estimate of drug-likeness (QED) is 0.148. The van der Waals surface area contributed by atoms with Gasteiger partial charge in [0.15, 0.2) is 34.9 Å². The van der Waals surface area contributed by atoms with Crippen LogP contribution in [-0.2, 0) is 0 Å². The third-order valence-corrected chi connectivity index (χ3v) is 11.4. The molecule has 0 saturated heterocycles. The maximum absolute atomic E-state index is 10.2. The van der Waals surface area contributed by atoms with Crippen LogP contribution in [0, 0.1) is 22.7 Å². The number of aromatic nitrogens is 7. The minimum Gasteiger partial charge on any atom is -0.308 e. The molecule has 0 unspecified atom stereocenters. The molecule has 3 aromatic heterocycles. The maximum atomic E-state index is 10.2. The van der Waals surface area contributed by atoms with E-state index >= 15 is 0 Å². The predicted octanol–water partition coefficient (Wildman–Crippen LogP) is 12.6. The van der Waals surface area contributed by atoms with Crippen LogP contribution in [0.25, 0.3) is 107 Å². The van der Waals surface area contributed by atoms with Crippen LogP contribution in [-0.4, -0.2) is 34.5 Å². The van der Waals surface area contributed by atoms with Gasteiger partial charge in [-0.05, 0) is 53.6 Å². The molecule has 0 saturated carbocycles. The molecule has 11 aromatic rings. The van der Waals surface area contributed by atoms with Gasteiger partial charge in [0.2, 0.25) is 0 Å². The smallest absolute Gasteiger partial charge is 0.166 e. The molecule has 0 N–H and O–H groups in total. The van der Waals surface area contributed by atoms with Crippen LogP contribution in [0.2, 0.25) is 0 Å². The highest BCUT2D eigenvalue weighted by molar-refractivity contribution is 6.11. The molecule has 0 aliphatic heterocycles. The van der Waals surface area contributed by atoms with Crippen LogP contribution in [0.15, 0.2) is 200 Å². The zero-order valence-corrected chi connectivity index (χ0v) is 34.6. The van der Waals surface area contributed by atoms with Crippen LogP contribution in [0.5, 0.6) is 0 Å². The minimum absolute atomic E-state index is 0.427. The van der Waals surface area contributed by atoms with E-state index in [4.69, 9.17) is 29.9 Å². The minimum atomic E-state index is 0.427. The number of hydrogen-bond acceptors (Lipinski definition) is 8. The lowest BCUT2D eigenvalue weighted by Crippen LogP contribution is -2.07. The molecule has 0 spiro atoms. The van der Waals surface area contributed by atoms with Crippen LogP contribution in [0.1, 0.15) is 11.1 Å². The average molecular weight is 832 g/mol. The van der Waals surface area contributed by atoms with Crippen molar-refractivity contribution >= 4 is 21.8 Å². The van der Waals surface area contributed by atoms with Crippen molar-refractivity contribution in [3.63, 3.8) is 0 Å². The van der Waals surface area contributed by atoms with E-state index in [0.717, 1.165) is 72.0 Å². The van der Waals surface area contributed by atoms with Gasteiger partial charge in [0.1, 0.15) is 0 Å². The lowest BCUT2D eigenvalue weighted by atomic mass is 9.97. The first-order chi connectivity index (χ1) is 32.1. The molecule has 302 valence electrons. The van der Waals surface area contributed by atoms with Gasteiger partial charge in [0, 0.05) is 44.2 Å². The van der Waals surface area contributed by atoms with Crippen molar-refractivity contribution in [2.45, 2.75) is 0 Å². The van der Waals surface area contributed by atoms with E-state index < -0.39 is 0 Å². The number of hydrogen-bond donors (Lipinski definition) is 0. The van der Waals surface area contributed by atoms with Crippen LogP contribution in [0.4, 0.5) is 0 Å². The molecule has 0 aliphatic rings. The Kier molecular flexibility index (Phi) is 9.73. The summed E-state index contributed by atoms with van der Waals surface area (Å²) >= 11 is 0. The van der Waals surface area contributed by atoms with Crippen molar-refractivity contribution in [3.8, 4) is 97.3 Å². The zero-order valence-electron chi connectivity index (χ0n) is 34.6. The van der Waals surface area contributed by atoms with E-state index in [2.05, 4.69) is 41.0 Å². The number of nitrogens with zero attached hydrogens (tertiary/aromatic N) is 9. The molecular formula is C56H33N9. The van der Waals surface area contributed by atoms with Gasteiger partial charge in [-0.3, -0.25) is 0 Å². The van der Waals surface area contributed by atoms with Crippen molar-refractivity contribution in [2.24, 2.45) is 0 Å². The Morgan fingerprint density at radius 3 is 1.25 bits per heavy atom. The Morgan fingerprint density at radius 1 is 0.323 bits per heavy atom. The third kappa shape index (κ3) is 7.11. The van der Waals surface area contributed by atoms with E-state index in [-0.39, 0.29) is 0 Å². The molecule has 9 nitrogen and oxygen atoms in total. The van der Waals surface area contributed by atoms with Crippen LogP contribution in [0.3, 0.4) is 0 Å². The monoisotopic (exact) mass is 831 g/mol. The normalized spacial score (nSPS) is 11.0. The van der Waals surface area contributed by atoms with E-state index in [0.29, 0.717) is 46.1 Å². The second-order valence-electron chi connectivity index (χ2n) is 15.3. The van der Waals surface area contributed by atoms with Gasteiger partial charge in [-0.15, -0.1) is 0 Å². The SMILES string of the molecule is N#Cc1ccc(-c2ccc3c(c2)c2ccccc2n3-c2c(-c3nc(-c4ccccc4)nc(-c4ccccc4)n3)cccc2-c2nc(-c3ccccc3)nc(-c3ccccc3)n2)c(C#N)c1. The molecule has 3 heterocycles. The maximum Gasteiger partial charge on any atom is 0.166 e. The van der Waals surface area contributed by atoms with Gasteiger partial charge >= 0.3 is 0 Å². The summed E-state index contributed by atoms with van der Waals surface area (Å²) in [7, 11) is 0. The Labute approximate surface area is 374 Å². The largest absolute Gasteiger partial charge is 0.308 e. The highest BCUT2D eigenvalue weighted by atomic mass is 15.1. The van der Waals surface area contributed by atoms with Crippen molar-refractivity contribution in [3.05, 3.63) is 211 Å². The van der Waals surface area contributed by atoms with Gasteiger partial charge in [-0.1, -0.05) is 158 Å².